The SMILES string of the molecule is COc1cccc(N(CC(=O)N(Cc2ccccc2Cl)[C@@H](C)C(=O)NCC(C)C)S(C)(=O)=O)c1. The molecule has 0 heterocycles. The third-order valence-electron chi connectivity index (χ3n) is 5.17. The van der Waals surface area contributed by atoms with E-state index in [9.17, 15) is 18.0 Å². The molecule has 0 aromatic heterocycles. The lowest BCUT2D eigenvalue weighted by Crippen LogP contribution is -2.51. The highest BCUT2D eigenvalue weighted by molar-refractivity contribution is 7.92. The minimum Gasteiger partial charge on any atom is -0.497 e. The summed E-state index contributed by atoms with van der Waals surface area (Å²) in [6, 6.07) is 12.6. The van der Waals surface area contributed by atoms with Crippen LogP contribution in [0.3, 0.4) is 0 Å². The molecule has 0 radical (unpaired) electrons. The lowest BCUT2D eigenvalue weighted by molar-refractivity contribution is -0.139. The van der Waals surface area contributed by atoms with E-state index in [2.05, 4.69) is 5.32 Å². The number of amides is 2. The van der Waals surface area contributed by atoms with Crippen LogP contribution in [-0.4, -0.2) is 57.6 Å². The Morgan fingerprint density at radius 2 is 1.76 bits per heavy atom. The highest BCUT2D eigenvalue weighted by Gasteiger charge is 2.30. The Balaban J connectivity index is 2.39. The van der Waals surface area contributed by atoms with Gasteiger partial charge in [-0.25, -0.2) is 8.42 Å². The maximum atomic E-state index is 13.5. The van der Waals surface area contributed by atoms with Crippen LogP contribution in [0.25, 0.3) is 0 Å². The maximum Gasteiger partial charge on any atom is 0.244 e. The van der Waals surface area contributed by atoms with Crippen molar-refractivity contribution in [3.63, 3.8) is 0 Å². The molecular weight excluding hydrogens is 478 g/mol. The van der Waals surface area contributed by atoms with Crippen molar-refractivity contribution in [3.05, 3.63) is 59.1 Å². The highest BCUT2D eigenvalue weighted by atomic mass is 35.5. The summed E-state index contributed by atoms with van der Waals surface area (Å²) in [5.41, 5.74) is 0.929. The van der Waals surface area contributed by atoms with E-state index in [0.29, 0.717) is 22.9 Å². The van der Waals surface area contributed by atoms with Gasteiger partial charge in [-0.1, -0.05) is 49.7 Å². The average molecular weight is 510 g/mol. The third kappa shape index (κ3) is 7.63. The van der Waals surface area contributed by atoms with Gasteiger partial charge in [-0.15, -0.1) is 0 Å². The van der Waals surface area contributed by atoms with Crippen molar-refractivity contribution in [1.82, 2.24) is 10.2 Å². The molecule has 0 spiro atoms. The number of nitrogens with zero attached hydrogens (tertiary/aromatic N) is 2. The van der Waals surface area contributed by atoms with Crippen LogP contribution >= 0.6 is 11.6 Å². The van der Waals surface area contributed by atoms with E-state index in [1.165, 1.54) is 18.1 Å². The monoisotopic (exact) mass is 509 g/mol. The van der Waals surface area contributed by atoms with Crippen LogP contribution in [0.5, 0.6) is 5.75 Å². The van der Waals surface area contributed by atoms with E-state index >= 15 is 0 Å². The van der Waals surface area contributed by atoms with E-state index in [4.69, 9.17) is 16.3 Å². The van der Waals surface area contributed by atoms with Gasteiger partial charge in [0, 0.05) is 24.2 Å². The van der Waals surface area contributed by atoms with Crippen LogP contribution in [0, 0.1) is 5.92 Å². The molecule has 0 aliphatic rings. The third-order valence-corrected chi connectivity index (χ3v) is 6.68. The van der Waals surface area contributed by atoms with Gasteiger partial charge in [0.2, 0.25) is 21.8 Å². The van der Waals surface area contributed by atoms with Crippen LogP contribution in [-0.2, 0) is 26.2 Å². The van der Waals surface area contributed by atoms with Crippen molar-refractivity contribution in [2.24, 2.45) is 5.92 Å². The number of ether oxygens (including phenoxy) is 1. The molecule has 2 amide bonds. The second-order valence-electron chi connectivity index (χ2n) is 8.40. The Morgan fingerprint density at radius 3 is 2.35 bits per heavy atom. The summed E-state index contributed by atoms with van der Waals surface area (Å²) in [7, 11) is -2.35. The first-order valence-electron chi connectivity index (χ1n) is 10.9. The maximum absolute atomic E-state index is 13.5. The van der Waals surface area contributed by atoms with Crippen LogP contribution < -0.4 is 14.4 Å². The number of carbonyl (C=O) groups is 2. The Morgan fingerprint density at radius 1 is 1.09 bits per heavy atom. The average Bonchev–Trinajstić information content (AvgIpc) is 2.79. The molecule has 8 nitrogen and oxygen atoms in total. The molecule has 2 aromatic rings. The summed E-state index contributed by atoms with van der Waals surface area (Å²) in [4.78, 5) is 27.7. The second kappa shape index (κ2) is 12.1. The molecule has 34 heavy (non-hydrogen) atoms. The van der Waals surface area contributed by atoms with E-state index in [1.54, 1.807) is 49.4 Å². The summed E-state index contributed by atoms with van der Waals surface area (Å²) in [6.45, 7) is 5.56. The predicted octanol–water partition coefficient (Wildman–Crippen LogP) is 3.30. The van der Waals surface area contributed by atoms with Crippen molar-refractivity contribution in [2.45, 2.75) is 33.4 Å². The van der Waals surface area contributed by atoms with E-state index in [1.807, 2.05) is 13.8 Å². The van der Waals surface area contributed by atoms with E-state index < -0.39 is 28.5 Å². The zero-order valence-corrected chi connectivity index (χ0v) is 21.7. The lowest BCUT2D eigenvalue weighted by Gasteiger charge is -2.32. The molecule has 0 saturated carbocycles. The van der Waals surface area contributed by atoms with Crippen LogP contribution in [0.15, 0.2) is 48.5 Å². The quantitative estimate of drug-likeness (QED) is 0.501. The number of rotatable bonds is 11. The molecule has 2 aromatic carbocycles. The number of carbonyl (C=O) groups excluding carboxylic acids is 2. The second-order valence-corrected chi connectivity index (χ2v) is 10.7. The highest BCUT2D eigenvalue weighted by Crippen LogP contribution is 2.24. The van der Waals surface area contributed by atoms with Gasteiger partial charge in [0.1, 0.15) is 18.3 Å². The van der Waals surface area contributed by atoms with Gasteiger partial charge in [-0.2, -0.15) is 0 Å². The Hall–Kier alpha value is -2.78. The number of hydrogen-bond acceptors (Lipinski definition) is 5. The van der Waals surface area contributed by atoms with Gasteiger partial charge >= 0.3 is 0 Å². The Bertz CT molecular complexity index is 1110. The number of anilines is 1. The molecule has 0 bridgehead atoms. The first kappa shape index (κ1) is 27.5. The molecule has 10 heteroatoms. The van der Waals surface area contributed by atoms with Crippen molar-refractivity contribution in [3.8, 4) is 5.75 Å². The fourth-order valence-corrected chi connectivity index (χ4v) is 4.26. The molecular formula is C24H32ClN3O5S. The van der Waals surface area contributed by atoms with Gasteiger partial charge in [-0.3, -0.25) is 13.9 Å². The minimum absolute atomic E-state index is 0.0461. The number of benzene rings is 2. The standard InChI is InChI=1S/C24H32ClN3O5S/c1-17(2)14-26-24(30)18(3)27(15-19-9-6-7-12-22(19)25)23(29)16-28(34(5,31)32)20-10-8-11-21(13-20)33-4/h6-13,17-18H,14-16H2,1-5H3,(H,26,30)/t18-/m0/s1. The topological polar surface area (TPSA) is 96.0 Å². The van der Waals surface area contributed by atoms with Gasteiger partial charge in [0.25, 0.3) is 0 Å². The van der Waals surface area contributed by atoms with Gasteiger partial charge in [0.15, 0.2) is 0 Å². The number of nitrogens with one attached hydrogen (secondary N) is 1. The zero-order chi connectivity index (χ0) is 25.5. The molecule has 1 N–H and O–H groups in total. The van der Waals surface area contributed by atoms with Gasteiger partial charge in [-0.05, 0) is 36.6 Å². The number of methoxy groups -OCH3 is 1. The molecule has 0 unspecified atom stereocenters. The van der Waals surface area contributed by atoms with Gasteiger partial charge in [0.05, 0.1) is 19.1 Å². The van der Waals surface area contributed by atoms with Crippen molar-refractivity contribution < 1.29 is 22.7 Å². The Kier molecular flexibility index (Phi) is 9.76. The molecule has 0 aliphatic heterocycles. The molecule has 1 atom stereocenters. The summed E-state index contributed by atoms with van der Waals surface area (Å²) in [6.07, 6.45) is 1.02. The summed E-state index contributed by atoms with van der Waals surface area (Å²) >= 11 is 6.31. The fraction of sp³-hybridized carbons (Fsp3) is 0.417. The zero-order valence-electron chi connectivity index (χ0n) is 20.1. The summed E-state index contributed by atoms with van der Waals surface area (Å²) in [5, 5.41) is 3.28. The van der Waals surface area contributed by atoms with Gasteiger partial charge < -0.3 is 15.0 Å². The summed E-state index contributed by atoms with van der Waals surface area (Å²) in [5.74, 6) is -0.188. The van der Waals surface area contributed by atoms with Crippen molar-refractivity contribution in [2.75, 3.05) is 30.8 Å². The normalized spacial score (nSPS) is 12.2. The van der Waals surface area contributed by atoms with Crippen LogP contribution in [0.1, 0.15) is 26.3 Å². The predicted molar refractivity (Wildman–Crippen MR) is 134 cm³/mol. The van der Waals surface area contributed by atoms with Crippen molar-refractivity contribution >= 4 is 39.1 Å². The minimum atomic E-state index is -3.82. The first-order chi connectivity index (χ1) is 15.9. The molecule has 2 rings (SSSR count). The van der Waals surface area contributed by atoms with Crippen LogP contribution in [0.4, 0.5) is 5.69 Å². The summed E-state index contributed by atoms with van der Waals surface area (Å²) < 4.78 is 31.4. The first-order valence-corrected chi connectivity index (χ1v) is 13.1. The Labute approximate surface area is 206 Å². The fourth-order valence-electron chi connectivity index (χ4n) is 3.22. The number of hydrogen-bond donors (Lipinski definition) is 1. The van der Waals surface area contributed by atoms with E-state index in [0.717, 1.165) is 10.6 Å². The molecule has 186 valence electrons. The largest absolute Gasteiger partial charge is 0.497 e. The van der Waals surface area contributed by atoms with Crippen molar-refractivity contribution in [1.29, 1.82) is 0 Å². The molecule has 0 aliphatic carbocycles. The van der Waals surface area contributed by atoms with E-state index in [-0.39, 0.29) is 24.1 Å². The van der Waals surface area contributed by atoms with Crippen LogP contribution in [0.2, 0.25) is 5.02 Å². The smallest absolute Gasteiger partial charge is 0.244 e. The molecule has 0 saturated heterocycles. The molecule has 0 fully saturated rings. The number of sulfonamides is 1. The lowest BCUT2D eigenvalue weighted by atomic mass is 10.1. The number of halogens is 1.